The lowest BCUT2D eigenvalue weighted by Crippen LogP contribution is -2.48. The van der Waals surface area contributed by atoms with Gasteiger partial charge in [0.1, 0.15) is 0 Å². The van der Waals surface area contributed by atoms with Crippen LogP contribution in [0.2, 0.25) is 0 Å². The minimum absolute atomic E-state index is 0.0839. The predicted molar refractivity (Wildman–Crippen MR) is 125 cm³/mol. The number of nitrogens with zero attached hydrogens (tertiary/aromatic N) is 3. The van der Waals surface area contributed by atoms with E-state index in [1.807, 2.05) is 0 Å². The smallest absolute Gasteiger partial charge is 0.378 e. The molecule has 1 aromatic heterocycles. The van der Waals surface area contributed by atoms with Gasteiger partial charge in [0.25, 0.3) is 0 Å². The number of rotatable bonds is 10. The molecular weight excluding hydrogens is 533 g/mol. The van der Waals surface area contributed by atoms with Gasteiger partial charge in [0.2, 0.25) is 23.4 Å². The molecule has 2 aromatic rings. The number of nitrogens with one attached hydrogen (secondary N) is 1. The molecule has 0 aliphatic carbocycles. The van der Waals surface area contributed by atoms with Gasteiger partial charge in [-0.15, -0.1) is 0 Å². The maximum atomic E-state index is 13.5. The number of carbonyl (C=O) groups is 3. The Hall–Kier alpha value is -3.33. The van der Waals surface area contributed by atoms with E-state index in [-0.39, 0.29) is 38.3 Å². The Morgan fingerprint density at radius 3 is 2.29 bits per heavy atom. The molecule has 2 unspecified atom stereocenters. The van der Waals surface area contributed by atoms with Crippen LogP contribution < -0.4 is 5.32 Å². The number of hydrogen-bond acceptors (Lipinski definition) is 9. The van der Waals surface area contributed by atoms with E-state index in [2.05, 4.69) is 20.0 Å². The van der Waals surface area contributed by atoms with Gasteiger partial charge in [0.15, 0.2) is 9.84 Å². The molecule has 38 heavy (non-hydrogen) atoms. The van der Waals surface area contributed by atoms with Gasteiger partial charge in [-0.2, -0.15) is 18.2 Å². The first-order chi connectivity index (χ1) is 17.8. The van der Waals surface area contributed by atoms with Crippen molar-refractivity contribution in [1.29, 1.82) is 0 Å². The number of ketones is 1. The lowest BCUT2D eigenvalue weighted by molar-refractivity contribution is -0.159. The topological polar surface area (TPSA) is 149 Å². The van der Waals surface area contributed by atoms with Crippen LogP contribution in [0.4, 0.5) is 13.2 Å². The summed E-state index contributed by atoms with van der Waals surface area (Å²) in [7, 11) is -3.97. The number of halogens is 3. The van der Waals surface area contributed by atoms with Crippen LogP contribution in [0.15, 0.2) is 34.9 Å². The molecule has 1 N–H and O–H groups in total. The van der Waals surface area contributed by atoms with Crippen molar-refractivity contribution in [3.05, 3.63) is 47.6 Å². The molecule has 11 nitrogen and oxygen atoms in total. The number of amides is 2. The zero-order chi connectivity index (χ0) is 28.1. The number of benzene rings is 1. The van der Waals surface area contributed by atoms with Crippen molar-refractivity contribution < 1.29 is 45.2 Å². The van der Waals surface area contributed by atoms with Crippen LogP contribution in [-0.2, 0) is 30.3 Å². The molecule has 15 heteroatoms. The maximum absolute atomic E-state index is 13.5. The summed E-state index contributed by atoms with van der Waals surface area (Å²) in [5.74, 6) is -6.56. The number of aromatic nitrogens is 2. The third kappa shape index (κ3) is 7.16. The fourth-order valence-corrected chi connectivity index (χ4v) is 5.58. The highest BCUT2D eigenvalue weighted by Gasteiger charge is 2.42. The Bertz CT molecular complexity index is 1250. The van der Waals surface area contributed by atoms with Crippen molar-refractivity contribution in [3.63, 3.8) is 0 Å². The number of morpholine rings is 1. The summed E-state index contributed by atoms with van der Waals surface area (Å²) < 4.78 is 73.6. The average molecular weight is 561 g/mol. The predicted octanol–water partition coefficient (Wildman–Crippen LogP) is 1.82. The van der Waals surface area contributed by atoms with Crippen molar-refractivity contribution in [1.82, 2.24) is 20.4 Å². The number of hydrogen-bond donors (Lipinski definition) is 1. The summed E-state index contributed by atoms with van der Waals surface area (Å²) in [4.78, 5) is 43.9. The SMILES string of the molecule is CCC(NC(=O)C(CC(=O)N1CCOCC1)[C@@H](c1ccccc1)S(C)(=O)=O)C(=O)c1noc(C(F)(F)F)n1. The first kappa shape index (κ1) is 29.2. The van der Waals surface area contributed by atoms with Gasteiger partial charge < -0.3 is 19.5 Å². The maximum Gasteiger partial charge on any atom is 0.471 e. The van der Waals surface area contributed by atoms with Crippen LogP contribution in [0, 0.1) is 5.92 Å². The molecule has 3 atom stereocenters. The fraction of sp³-hybridized carbons (Fsp3) is 0.522. The molecule has 0 spiro atoms. The molecule has 1 saturated heterocycles. The second-order valence-corrected chi connectivity index (χ2v) is 10.9. The summed E-state index contributed by atoms with van der Waals surface area (Å²) in [5, 5.41) is 4.01. The van der Waals surface area contributed by atoms with E-state index < -0.39 is 69.0 Å². The van der Waals surface area contributed by atoms with Gasteiger partial charge in [-0.3, -0.25) is 14.4 Å². The van der Waals surface area contributed by atoms with E-state index in [1.165, 1.54) is 24.0 Å². The van der Waals surface area contributed by atoms with E-state index in [1.54, 1.807) is 18.2 Å². The number of sulfone groups is 1. The normalized spacial score (nSPS) is 16.9. The largest absolute Gasteiger partial charge is 0.471 e. The number of Topliss-reactive ketones (excluding diaryl/α,β-unsaturated/α-hetero) is 1. The Morgan fingerprint density at radius 1 is 1.13 bits per heavy atom. The Morgan fingerprint density at radius 2 is 1.76 bits per heavy atom. The van der Waals surface area contributed by atoms with Crippen LogP contribution in [0.5, 0.6) is 0 Å². The molecule has 0 bridgehead atoms. The van der Waals surface area contributed by atoms with Gasteiger partial charge in [-0.05, 0) is 12.0 Å². The minimum Gasteiger partial charge on any atom is -0.378 e. The molecular formula is C23H27F3N4O7S. The Labute approximate surface area is 216 Å². The quantitative estimate of drug-likeness (QED) is 0.430. The standard InChI is InChI=1S/C23H27F3N4O7S/c1-3-16(18(32)20-28-22(37-29-20)23(24,25)26)27-21(33)15(13-17(31)30-9-11-36-12-10-30)19(38(2,34)35)14-7-5-4-6-8-14/h4-8,15-16,19H,3,9-13H2,1-2H3,(H,27,33)/t15?,16?,19-/m1/s1. The number of carbonyl (C=O) groups excluding carboxylic acids is 3. The molecule has 208 valence electrons. The van der Waals surface area contributed by atoms with Crippen molar-refractivity contribution in [2.75, 3.05) is 32.6 Å². The van der Waals surface area contributed by atoms with E-state index >= 15 is 0 Å². The molecule has 0 saturated carbocycles. The Kier molecular flexibility index (Phi) is 9.25. The summed E-state index contributed by atoms with van der Waals surface area (Å²) in [6, 6.07) is 6.43. The molecule has 1 aliphatic rings. The number of alkyl halides is 3. The fourth-order valence-electron chi connectivity index (χ4n) is 4.11. The van der Waals surface area contributed by atoms with E-state index in [4.69, 9.17) is 4.74 Å². The van der Waals surface area contributed by atoms with Crippen molar-refractivity contribution in [2.24, 2.45) is 5.92 Å². The first-order valence-corrected chi connectivity index (χ1v) is 13.6. The van der Waals surface area contributed by atoms with Gasteiger partial charge >= 0.3 is 12.1 Å². The first-order valence-electron chi connectivity index (χ1n) is 11.7. The van der Waals surface area contributed by atoms with Gasteiger partial charge in [-0.25, -0.2) is 8.42 Å². The number of ether oxygens (including phenoxy) is 1. The van der Waals surface area contributed by atoms with Crippen molar-refractivity contribution >= 4 is 27.4 Å². The zero-order valence-corrected chi connectivity index (χ0v) is 21.4. The van der Waals surface area contributed by atoms with Crippen molar-refractivity contribution in [2.45, 2.75) is 37.2 Å². The molecule has 2 heterocycles. The lowest BCUT2D eigenvalue weighted by Gasteiger charge is -2.31. The van der Waals surface area contributed by atoms with Gasteiger partial charge in [0, 0.05) is 25.8 Å². The molecule has 1 aliphatic heterocycles. The second-order valence-electron chi connectivity index (χ2n) is 8.72. The van der Waals surface area contributed by atoms with E-state index in [9.17, 15) is 36.0 Å². The van der Waals surface area contributed by atoms with Crippen molar-refractivity contribution in [3.8, 4) is 0 Å². The Balaban J connectivity index is 1.92. The summed E-state index contributed by atoms with van der Waals surface area (Å²) in [6.45, 7) is 2.57. The molecule has 3 rings (SSSR count). The van der Waals surface area contributed by atoms with Crippen LogP contribution >= 0.6 is 0 Å². The van der Waals surface area contributed by atoms with Crippen LogP contribution in [-0.4, -0.2) is 79.7 Å². The summed E-state index contributed by atoms with van der Waals surface area (Å²) in [6.07, 6.45) is -4.62. The molecule has 0 radical (unpaired) electrons. The third-order valence-electron chi connectivity index (χ3n) is 5.98. The third-order valence-corrected chi connectivity index (χ3v) is 7.50. The van der Waals surface area contributed by atoms with Crippen LogP contribution in [0.25, 0.3) is 0 Å². The zero-order valence-electron chi connectivity index (χ0n) is 20.6. The lowest BCUT2D eigenvalue weighted by atomic mass is 9.93. The molecule has 1 fully saturated rings. The highest BCUT2D eigenvalue weighted by atomic mass is 32.2. The molecule has 1 aromatic carbocycles. The highest BCUT2D eigenvalue weighted by molar-refractivity contribution is 7.91. The average Bonchev–Trinajstić information content (AvgIpc) is 3.38. The summed E-state index contributed by atoms with van der Waals surface area (Å²) in [5.41, 5.74) is 0.261. The van der Waals surface area contributed by atoms with Gasteiger partial charge in [0.05, 0.1) is 30.4 Å². The second kappa shape index (κ2) is 12.0. The monoisotopic (exact) mass is 560 g/mol. The summed E-state index contributed by atoms with van der Waals surface area (Å²) >= 11 is 0. The minimum atomic E-state index is -4.97. The van der Waals surface area contributed by atoms with E-state index in [0.29, 0.717) is 0 Å². The van der Waals surface area contributed by atoms with Crippen LogP contribution in [0.1, 0.15) is 47.1 Å². The van der Waals surface area contributed by atoms with Crippen LogP contribution in [0.3, 0.4) is 0 Å². The van der Waals surface area contributed by atoms with Gasteiger partial charge in [-0.1, -0.05) is 42.4 Å². The molecule has 2 amide bonds. The van der Waals surface area contributed by atoms with E-state index in [0.717, 1.165) is 6.26 Å². The highest BCUT2D eigenvalue weighted by Crippen LogP contribution is 2.33.